The van der Waals surface area contributed by atoms with Crippen molar-refractivity contribution in [2.24, 2.45) is 11.1 Å². The minimum atomic E-state index is -4.60. The third-order valence-corrected chi connectivity index (χ3v) is 8.27. The summed E-state index contributed by atoms with van der Waals surface area (Å²) in [6.45, 7) is 3.48. The van der Waals surface area contributed by atoms with Gasteiger partial charge in [0.1, 0.15) is 5.78 Å². The number of alkyl halides is 3. The fourth-order valence-electron chi connectivity index (χ4n) is 4.92. The number of imidazole rings is 1. The number of nitriles is 1. The lowest BCUT2D eigenvalue weighted by Gasteiger charge is -2.40. The molecule has 12 heteroatoms. The van der Waals surface area contributed by atoms with Crippen molar-refractivity contribution >= 4 is 34.5 Å². The number of thiocarbonyl (C=S) groups is 1. The molecule has 1 atom stereocenters. The van der Waals surface area contributed by atoms with E-state index < -0.39 is 23.3 Å². The fraction of sp³-hybridized carbons (Fsp3) is 0.294. The van der Waals surface area contributed by atoms with Gasteiger partial charge in [-0.2, -0.15) is 18.4 Å². The number of nitrogens with zero attached hydrogens (tertiary/aromatic N) is 5. The van der Waals surface area contributed by atoms with Crippen LogP contribution in [0.2, 0.25) is 0 Å². The first-order valence-corrected chi connectivity index (χ1v) is 14.9. The first kappa shape index (κ1) is 34.1. The summed E-state index contributed by atoms with van der Waals surface area (Å²) < 4.78 is 43.8. The predicted octanol–water partition coefficient (Wildman–Crippen LogP) is 6.21. The molecule has 1 aromatic heterocycles. The van der Waals surface area contributed by atoms with Gasteiger partial charge in [0.2, 0.25) is 0 Å². The number of halogens is 3. The molecular weight excluding hydrogens is 611 g/mol. The van der Waals surface area contributed by atoms with Gasteiger partial charge in [0.15, 0.2) is 5.11 Å². The van der Waals surface area contributed by atoms with Crippen LogP contribution in [0.3, 0.4) is 0 Å². The van der Waals surface area contributed by atoms with Crippen LogP contribution in [0, 0.1) is 16.7 Å². The maximum absolute atomic E-state index is 14.0. The number of benzene rings is 3. The van der Waals surface area contributed by atoms with Gasteiger partial charge in [0.25, 0.3) is 0 Å². The topological polar surface area (TPSA) is 103 Å². The van der Waals surface area contributed by atoms with Gasteiger partial charge in [-0.25, -0.2) is 4.98 Å². The van der Waals surface area contributed by atoms with Crippen molar-refractivity contribution in [1.29, 1.82) is 5.26 Å². The Morgan fingerprint density at radius 3 is 2.33 bits per heavy atom. The Morgan fingerprint density at radius 1 is 1.07 bits per heavy atom. The molecule has 3 N–H and O–H groups in total. The lowest BCUT2D eigenvalue weighted by molar-refractivity contribution is -0.138. The molecule has 4 rings (SSSR count). The molecule has 4 aromatic rings. The van der Waals surface area contributed by atoms with E-state index in [1.807, 2.05) is 47.8 Å². The lowest BCUT2D eigenvalue weighted by Crippen LogP contribution is -2.57. The summed E-state index contributed by atoms with van der Waals surface area (Å²) in [4.78, 5) is 21.5. The zero-order valence-electron chi connectivity index (χ0n) is 26.0. The molecule has 0 saturated heterocycles. The Kier molecular flexibility index (Phi) is 10.5. The molecule has 0 aliphatic rings. The fourth-order valence-corrected chi connectivity index (χ4v) is 5.21. The highest BCUT2D eigenvalue weighted by molar-refractivity contribution is 7.80. The van der Waals surface area contributed by atoms with E-state index >= 15 is 0 Å². The Hall–Kier alpha value is -4.73. The average Bonchev–Trinajstić information content (AvgIpc) is 3.45. The number of aromatic nitrogens is 2. The van der Waals surface area contributed by atoms with E-state index in [4.69, 9.17) is 23.2 Å². The maximum atomic E-state index is 14.0. The van der Waals surface area contributed by atoms with E-state index in [0.29, 0.717) is 23.5 Å². The average molecular weight is 648 g/mol. The van der Waals surface area contributed by atoms with Crippen molar-refractivity contribution in [2.75, 3.05) is 24.3 Å². The van der Waals surface area contributed by atoms with E-state index in [-0.39, 0.29) is 29.4 Å². The first-order chi connectivity index (χ1) is 21.7. The minimum absolute atomic E-state index is 0.0177. The van der Waals surface area contributed by atoms with Crippen LogP contribution < -0.4 is 16.0 Å². The normalized spacial score (nSPS) is 12.2. The van der Waals surface area contributed by atoms with Gasteiger partial charge in [-0.15, -0.1) is 0 Å². The van der Waals surface area contributed by atoms with Crippen LogP contribution >= 0.6 is 12.2 Å². The number of ketones is 1. The first-order valence-electron chi connectivity index (χ1n) is 14.5. The van der Waals surface area contributed by atoms with Gasteiger partial charge in [-0.3, -0.25) is 4.79 Å². The number of hydrogen-bond acceptors (Lipinski definition) is 6. The van der Waals surface area contributed by atoms with Gasteiger partial charge in [-0.05, 0) is 79.7 Å². The molecule has 1 unspecified atom stereocenters. The van der Waals surface area contributed by atoms with Crippen molar-refractivity contribution in [1.82, 2.24) is 14.5 Å². The quantitative estimate of drug-likeness (QED) is 0.146. The number of rotatable bonds is 11. The van der Waals surface area contributed by atoms with Crippen LogP contribution in [0.25, 0.3) is 0 Å². The molecule has 0 radical (unpaired) electrons. The van der Waals surface area contributed by atoms with Crippen LogP contribution in [0.15, 0.2) is 85.3 Å². The number of carbonyl (C=O) groups excluding carboxylic acids is 1. The summed E-state index contributed by atoms with van der Waals surface area (Å²) in [5.74, 6) is -0.242. The van der Waals surface area contributed by atoms with Crippen LogP contribution in [-0.4, -0.2) is 45.6 Å². The van der Waals surface area contributed by atoms with Crippen LogP contribution in [-0.2, 0) is 30.5 Å². The number of carbonyl (C=O) groups is 1. The molecule has 0 fully saturated rings. The van der Waals surface area contributed by atoms with Crippen molar-refractivity contribution in [2.45, 2.75) is 45.7 Å². The maximum Gasteiger partial charge on any atom is 0.416 e. The van der Waals surface area contributed by atoms with Crippen LogP contribution in [0.4, 0.5) is 24.5 Å². The summed E-state index contributed by atoms with van der Waals surface area (Å²) in [5.41, 5.74) is 8.38. The Labute approximate surface area is 272 Å². The lowest BCUT2D eigenvalue weighted by atomic mass is 9.82. The highest BCUT2D eigenvalue weighted by Crippen LogP contribution is 2.34. The summed E-state index contributed by atoms with van der Waals surface area (Å²) in [5, 5.41) is 12.3. The molecule has 0 amide bonds. The highest BCUT2D eigenvalue weighted by Gasteiger charge is 2.40. The predicted molar refractivity (Wildman–Crippen MR) is 177 cm³/mol. The summed E-state index contributed by atoms with van der Waals surface area (Å²) in [6.07, 6.45) is -2.49. The molecule has 8 nitrogen and oxygen atoms in total. The number of Topliss-reactive ketones (excluding diaryl/α,β-unsaturated/α-hetero) is 1. The Morgan fingerprint density at radius 2 is 1.72 bits per heavy atom. The molecule has 46 heavy (non-hydrogen) atoms. The molecule has 0 bridgehead atoms. The van der Waals surface area contributed by atoms with Crippen molar-refractivity contribution in [3.05, 3.63) is 113 Å². The molecule has 3 aromatic carbocycles. The Balaban J connectivity index is 1.60. The molecule has 0 aliphatic carbocycles. The monoisotopic (exact) mass is 647 g/mol. The highest BCUT2D eigenvalue weighted by atomic mass is 32.1. The largest absolute Gasteiger partial charge is 0.416 e. The van der Waals surface area contributed by atoms with Gasteiger partial charge in [-0.1, -0.05) is 30.3 Å². The van der Waals surface area contributed by atoms with Crippen LogP contribution in [0.5, 0.6) is 0 Å². The zero-order chi connectivity index (χ0) is 33.6. The van der Waals surface area contributed by atoms with Crippen molar-refractivity contribution in [3.8, 4) is 6.07 Å². The van der Waals surface area contributed by atoms with Crippen LogP contribution in [0.1, 0.15) is 41.8 Å². The van der Waals surface area contributed by atoms with Gasteiger partial charge >= 0.3 is 6.18 Å². The Bertz CT molecular complexity index is 1710. The third kappa shape index (κ3) is 8.10. The van der Waals surface area contributed by atoms with E-state index in [2.05, 4.69) is 16.4 Å². The smallest absolute Gasteiger partial charge is 0.378 e. The van der Waals surface area contributed by atoms with Gasteiger partial charge in [0.05, 0.1) is 35.1 Å². The van der Waals surface area contributed by atoms with Crippen molar-refractivity contribution < 1.29 is 18.0 Å². The number of nitrogens with one attached hydrogen (secondary N) is 1. The molecule has 0 spiro atoms. The van der Waals surface area contributed by atoms with E-state index in [1.165, 1.54) is 23.1 Å². The van der Waals surface area contributed by atoms with E-state index in [9.17, 15) is 18.0 Å². The second-order valence-electron chi connectivity index (χ2n) is 11.7. The SMILES string of the molecule is CN(C)c1ccc(NC(=S)N(Cc2ccccc2C(F)(F)F)C(N)C(C)(C)C(=O)Cc2cncn2Cc2ccc(C#N)cc2)cc1. The van der Waals surface area contributed by atoms with Crippen molar-refractivity contribution in [3.63, 3.8) is 0 Å². The molecular formula is C34H36F3N7OS. The minimum Gasteiger partial charge on any atom is -0.378 e. The van der Waals surface area contributed by atoms with Gasteiger partial charge < -0.3 is 25.4 Å². The standard InChI is InChI=1S/C34H36F3N7OS/c1-33(2,30(45)17-28-19-40-22-43(28)20-24-11-9-23(18-38)10-12-24)31(39)44(21-25-7-5-6-8-29(25)34(35,36)37)32(46)41-26-13-15-27(16-14-26)42(3)4/h5-16,19,22,31H,17,20-21,39H2,1-4H3,(H,41,46). The molecule has 240 valence electrons. The summed E-state index contributed by atoms with van der Waals surface area (Å²) in [6, 6.07) is 21.8. The summed E-state index contributed by atoms with van der Waals surface area (Å²) in [7, 11) is 3.82. The molecule has 0 saturated carbocycles. The van der Waals surface area contributed by atoms with E-state index in [0.717, 1.165) is 17.3 Å². The second-order valence-corrected chi connectivity index (χ2v) is 12.1. The zero-order valence-corrected chi connectivity index (χ0v) is 26.9. The number of anilines is 2. The number of nitrogens with two attached hydrogens (primary N) is 1. The third-order valence-electron chi connectivity index (χ3n) is 7.93. The van der Waals surface area contributed by atoms with Gasteiger partial charge in [0, 0.05) is 56.9 Å². The second kappa shape index (κ2) is 14.1. The van der Waals surface area contributed by atoms with E-state index in [1.54, 1.807) is 50.6 Å². The number of hydrogen-bond donors (Lipinski definition) is 2. The molecule has 1 heterocycles. The molecule has 0 aliphatic heterocycles. The summed E-state index contributed by atoms with van der Waals surface area (Å²) >= 11 is 5.73.